The van der Waals surface area contributed by atoms with Crippen molar-refractivity contribution in [3.05, 3.63) is 66.4 Å². The average molecular weight is 350 g/mol. The number of ether oxygens (including phenoxy) is 1. The predicted octanol–water partition coefficient (Wildman–Crippen LogP) is 4.06. The van der Waals surface area contributed by atoms with Gasteiger partial charge in [-0.25, -0.2) is 9.78 Å². The predicted molar refractivity (Wildman–Crippen MR) is 99.6 cm³/mol. The summed E-state index contributed by atoms with van der Waals surface area (Å²) >= 11 is 0. The molecular formula is C19H18N4O3. The highest BCUT2D eigenvalue weighted by Crippen LogP contribution is 2.26. The van der Waals surface area contributed by atoms with Gasteiger partial charge in [0.2, 0.25) is 5.95 Å². The van der Waals surface area contributed by atoms with Gasteiger partial charge < -0.3 is 20.5 Å². The summed E-state index contributed by atoms with van der Waals surface area (Å²) in [5, 5.41) is 15.3. The number of benzene rings is 2. The largest absolute Gasteiger partial charge is 0.492 e. The van der Waals surface area contributed by atoms with E-state index >= 15 is 0 Å². The van der Waals surface area contributed by atoms with Crippen LogP contribution < -0.4 is 15.4 Å². The number of aromatic nitrogens is 2. The topological polar surface area (TPSA) is 96.4 Å². The van der Waals surface area contributed by atoms with Crippen LogP contribution in [0.15, 0.2) is 60.8 Å². The minimum Gasteiger partial charge on any atom is -0.492 e. The normalized spacial score (nSPS) is 10.2. The van der Waals surface area contributed by atoms with Crippen LogP contribution in [-0.4, -0.2) is 27.7 Å². The number of carbonyl (C=O) groups is 1. The maximum atomic E-state index is 11.1. The van der Waals surface area contributed by atoms with E-state index in [0.717, 1.165) is 5.69 Å². The van der Waals surface area contributed by atoms with Crippen molar-refractivity contribution in [3.63, 3.8) is 0 Å². The number of nitrogens with zero attached hydrogens (tertiary/aromatic N) is 2. The molecule has 0 saturated carbocycles. The van der Waals surface area contributed by atoms with Crippen LogP contribution in [-0.2, 0) is 0 Å². The molecule has 132 valence electrons. The lowest BCUT2D eigenvalue weighted by molar-refractivity contribution is 0.0697. The molecular weight excluding hydrogens is 332 g/mol. The van der Waals surface area contributed by atoms with E-state index < -0.39 is 5.97 Å². The average Bonchev–Trinajstić information content (AvgIpc) is 2.64. The molecule has 3 rings (SSSR count). The number of aromatic carboxylic acids is 1. The van der Waals surface area contributed by atoms with Gasteiger partial charge in [-0.2, -0.15) is 4.98 Å². The Hall–Kier alpha value is -3.61. The summed E-state index contributed by atoms with van der Waals surface area (Å²) in [6, 6.07) is 15.8. The molecule has 0 spiro atoms. The fraction of sp³-hybridized carbons (Fsp3) is 0.105. The number of carboxylic acids is 1. The van der Waals surface area contributed by atoms with Crippen LogP contribution in [0.3, 0.4) is 0 Å². The Morgan fingerprint density at radius 3 is 2.77 bits per heavy atom. The number of nitrogens with one attached hydrogen (secondary N) is 2. The Kier molecular flexibility index (Phi) is 5.28. The number of hydrogen-bond donors (Lipinski definition) is 3. The lowest BCUT2D eigenvalue weighted by Crippen LogP contribution is -2.03. The summed E-state index contributed by atoms with van der Waals surface area (Å²) in [6.45, 7) is 2.48. The molecule has 0 fully saturated rings. The Morgan fingerprint density at radius 1 is 1.12 bits per heavy atom. The quantitative estimate of drug-likeness (QED) is 0.591. The monoisotopic (exact) mass is 350 g/mol. The number of rotatable bonds is 7. The van der Waals surface area contributed by atoms with Gasteiger partial charge in [0.25, 0.3) is 0 Å². The zero-order valence-electron chi connectivity index (χ0n) is 14.1. The van der Waals surface area contributed by atoms with E-state index in [4.69, 9.17) is 9.84 Å². The van der Waals surface area contributed by atoms with Crippen molar-refractivity contribution >= 4 is 29.1 Å². The summed E-state index contributed by atoms with van der Waals surface area (Å²) in [4.78, 5) is 19.7. The van der Waals surface area contributed by atoms with Gasteiger partial charge in [0.05, 0.1) is 17.9 Å². The molecule has 3 N–H and O–H groups in total. The van der Waals surface area contributed by atoms with Crippen LogP contribution >= 0.6 is 0 Å². The molecule has 1 aromatic heterocycles. The summed E-state index contributed by atoms with van der Waals surface area (Å²) in [5.74, 6) is 0.674. The molecule has 0 unspecified atom stereocenters. The van der Waals surface area contributed by atoms with E-state index in [0.29, 0.717) is 29.8 Å². The smallest absolute Gasteiger partial charge is 0.335 e. The minimum absolute atomic E-state index is 0.202. The van der Waals surface area contributed by atoms with Gasteiger partial charge in [-0.1, -0.05) is 18.2 Å². The first-order chi connectivity index (χ1) is 12.7. The Morgan fingerprint density at radius 2 is 1.96 bits per heavy atom. The van der Waals surface area contributed by atoms with Crippen LogP contribution in [0.25, 0.3) is 0 Å². The van der Waals surface area contributed by atoms with Gasteiger partial charge in [0.1, 0.15) is 11.6 Å². The lowest BCUT2D eigenvalue weighted by atomic mass is 10.2. The van der Waals surface area contributed by atoms with Crippen molar-refractivity contribution in [1.29, 1.82) is 0 Å². The number of para-hydroxylation sites is 2. The summed E-state index contributed by atoms with van der Waals surface area (Å²) < 4.78 is 5.58. The summed E-state index contributed by atoms with van der Waals surface area (Å²) in [6.07, 6.45) is 1.61. The molecule has 7 nitrogen and oxygen atoms in total. The van der Waals surface area contributed by atoms with E-state index in [9.17, 15) is 4.79 Å². The van der Waals surface area contributed by atoms with Gasteiger partial charge in [-0.05, 0) is 43.3 Å². The highest BCUT2D eigenvalue weighted by atomic mass is 16.5. The molecule has 1 heterocycles. The molecule has 0 bridgehead atoms. The first-order valence-corrected chi connectivity index (χ1v) is 8.08. The number of carboxylic acid groups (broad SMARTS) is 1. The van der Waals surface area contributed by atoms with Gasteiger partial charge in [-0.15, -0.1) is 0 Å². The van der Waals surface area contributed by atoms with E-state index in [1.165, 1.54) is 6.07 Å². The molecule has 2 aromatic carbocycles. The Labute approximate surface area is 150 Å². The van der Waals surface area contributed by atoms with E-state index in [1.807, 2.05) is 31.2 Å². The van der Waals surface area contributed by atoms with Crippen molar-refractivity contribution in [2.24, 2.45) is 0 Å². The molecule has 0 radical (unpaired) electrons. The molecule has 0 amide bonds. The van der Waals surface area contributed by atoms with Crippen LogP contribution in [0.2, 0.25) is 0 Å². The second-order valence-electron chi connectivity index (χ2n) is 5.33. The standard InChI is InChI=1S/C19H18N4O3/c1-2-26-16-9-4-3-8-15(16)22-19-20-11-10-17(23-19)21-14-7-5-6-13(12-14)18(24)25/h3-12H,2H2,1H3,(H,24,25)(H2,20,21,22,23). The number of hydrogen-bond acceptors (Lipinski definition) is 6. The first-order valence-electron chi connectivity index (χ1n) is 8.08. The van der Waals surface area contributed by atoms with Crippen LogP contribution in [0.4, 0.5) is 23.1 Å². The second-order valence-corrected chi connectivity index (χ2v) is 5.33. The van der Waals surface area contributed by atoms with Crippen molar-refractivity contribution in [1.82, 2.24) is 9.97 Å². The first kappa shape index (κ1) is 17.2. The summed E-state index contributed by atoms with van der Waals surface area (Å²) in [7, 11) is 0. The molecule has 0 saturated heterocycles. The third-order valence-electron chi connectivity index (χ3n) is 3.47. The number of anilines is 4. The van der Waals surface area contributed by atoms with Crippen molar-refractivity contribution in [3.8, 4) is 5.75 Å². The van der Waals surface area contributed by atoms with Crippen LogP contribution in [0.5, 0.6) is 5.75 Å². The fourth-order valence-corrected chi connectivity index (χ4v) is 2.34. The maximum absolute atomic E-state index is 11.1. The van der Waals surface area contributed by atoms with Crippen LogP contribution in [0.1, 0.15) is 17.3 Å². The fourth-order valence-electron chi connectivity index (χ4n) is 2.34. The zero-order valence-corrected chi connectivity index (χ0v) is 14.1. The van der Waals surface area contributed by atoms with Crippen molar-refractivity contribution in [2.75, 3.05) is 17.2 Å². The van der Waals surface area contributed by atoms with Gasteiger partial charge in [0, 0.05) is 11.9 Å². The molecule has 26 heavy (non-hydrogen) atoms. The molecule has 0 aliphatic carbocycles. The third-order valence-corrected chi connectivity index (χ3v) is 3.47. The third kappa shape index (κ3) is 4.27. The van der Waals surface area contributed by atoms with Gasteiger partial charge >= 0.3 is 5.97 Å². The van der Waals surface area contributed by atoms with E-state index in [2.05, 4.69) is 20.6 Å². The van der Waals surface area contributed by atoms with Gasteiger partial charge in [-0.3, -0.25) is 0 Å². The molecule has 0 atom stereocenters. The second kappa shape index (κ2) is 7.98. The zero-order chi connectivity index (χ0) is 18.4. The van der Waals surface area contributed by atoms with E-state index in [-0.39, 0.29) is 5.56 Å². The highest BCUT2D eigenvalue weighted by Gasteiger charge is 2.07. The minimum atomic E-state index is -0.980. The Bertz CT molecular complexity index is 915. The molecule has 3 aromatic rings. The SMILES string of the molecule is CCOc1ccccc1Nc1nccc(Nc2cccc(C(=O)O)c2)n1. The van der Waals surface area contributed by atoms with E-state index in [1.54, 1.807) is 30.5 Å². The van der Waals surface area contributed by atoms with Crippen LogP contribution in [0, 0.1) is 0 Å². The molecule has 0 aliphatic rings. The van der Waals surface area contributed by atoms with Gasteiger partial charge in [0.15, 0.2) is 0 Å². The van der Waals surface area contributed by atoms with Crippen molar-refractivity contribution < 1.29 is 14.6 Å². The summed E-state index contributed by atoms with van der Waals surface area (Å²) in [5.41, 5.74) is 1.59. The van der Waals surface area contributed by atoms with Crippen molar-refractivity contribution in [2.45, 2.75) is 6.92 Å². The Balaban J connectivity index is 1.79. The molecule has 7 heteroatoms. The highest BCUT2D eigenvalue weighted by molar-refractivity contribution is 5.89. The lowest BCUT2D eigenvalue weighted by Gasteiger charge is -2.12. The molecule has 0 aliphatic heterocycles. The maximum Gasteiger partial charge on any atom is 0.335 e.